The highest BCUT2D eigenvalue weighted by Gasteiger charge is 2.21. The van der Waals surface area contributed by atoms with Crippen LogP contribution in [-0.4, -0.2) is 52.2 Å². The maximum atomic E-state index is 11.4. The minimum Gasteiger partial charge on any atom is -0.339 e. The van der Waals surface area contributed by atoms with Gasteiger partial charge < -0.3 is 15.1 Å². The predicted molar refractivity (Wildman–Crippen MR) is 103 cm³/mol. The highest BCUT2D eigenvalue weighted by Crippen LogP contribution is 2.24. The van der Waals surface area contributed by atoms with Gasteiger partial charge in [0.05, 0.1) is 6.20 Å². The third kappa shape index (κ3) is 4.28. The SMILES string of the molecule is CC(=O)N1CCN(c2nncc(Nc3ccc(C(C)(C)C)cc3)n2)CC1. The zero-order chi connectivity index (χ0) is 18.7. The van der Waals surface area contributed by atoms with Gasteiger partial charge in [0.1, 0.15) is 0 Å². The maximum Gasteiger partial charge on any atom is 0.247 e. The summed E-state index contributed by atoms with van der Waals surface area (Å²) in [6, 6.07) is 8.35. The number of hydrogen-bond donors (Lipinski definition) is 1. The lowest BCUT2D eigenvalue weighted by Gasteiger charge is -2.33. The molecule has 0 unspecified atom stereocenters. The minimum atomic E-state index is 0.109. The van der Waals surface area contributed by atoms with Crippen LogP contribution in [0.15, 0.2) is 30.5 Å². The molecule has 1 aliphatic heterocycles. The second-order valence-corrected chi connectivity index (χ2v) is 7.59. The number of nitrogens with one attached hydrogen (secondary N) is 1. The molecule has 1 fully saturated rings. The second-order valence-electron chi connectivity index (χ2n) is 7.59. The van der Waals surface area contributed by atoms with E-state index in [0.29, 0.717) is 37.9 Å². The van der Waals surface area contributed by atoms with Crippen molar-refractivity contribution < 1.29 is 4.79 Å². The number of anilines is 3. The van der Waals surface area contributed by atoms with Crippen molar-refractivity contribution in [2.24, 2.45) is 0 Å². The fourth-order valence-corrected chi connectivity index (χ4v) is 2.91. The summed E-state index contributed by atoms with van der Waals surface area (Å²) < 4.78 is 0. The zero-order valence-corrected chi connectivity index (χ0v) is 15.9. The van der Waals surface area contributed by atoms with Crippen molar-refractivity contribution in [1.82, 2.24) is 20.1 Å². The van der Waals surface area contributed by atoms with Gasteiger partial charge in [-0.25, -0.2) is 0 Å². The smallest absolute Gasteiger partial charge is 0.247 e. The van der Waals surface area contributed by atoms with Crippen LogP contribution < -0.4 is 10.2 Å². The van der Waals surface area contributed by atoms with Gasteiger partial charge in [0, 0.05) is 38.8 Å². The minimum absolute atomic E-state index is 0.109. The number of benzene rings is 1. The normalized spacial score (nSPS) is 15.1. The Morgan fingerprint density at radius 3 is 2.31 bits per heavy atom. The number of piperazine rings is 1. The van der Waals surface area contributed by atoms with E-state index in [4.69, 9.17) is 0 Å². The Balaban J connectivity index is 1.67. The summed E-state index contributed by atoms with van der Waals surface area (Å²) in [5, 5.41) is 11.5. The number of rotatable bonds is 3. The summed E-state index contributed by atoms with van der Waals surface area (Å²) in [6.07, 6.45) is 1.62. The quantitative estimate of drug-likeness (QED) is 0.913. The Morgan fingerprint density at radius 1 is 1.08 bits per heavy atom. The third-order valence-electron chi connectivity index (χ3n) is 4.58. The van der Waals surface area contributed by atoms with E-state index >= 15 is 0 Å². The average molecular weight is 354 g/mol. The van der Waals surface area contributed by atoms with E-state index in [1.165, 1.54) is 5.56 Å². The molecule has 7 heteroatoms. The van der Waals surface area contributed by atoms with Gasteiger partial charge in [0.15, 0.2) is 5.82 Å². The summed E-state index contributed by atoms with van der Waals surface area (Å²) in [5.74, 6) is 1.36. The molecule has 0 aliphatic carbocycles. The van der Waals surface area contributed by atoms with Gasteiger partial charge in [-0.2, -0.15) is 10.1 Å². The van der Waals surface area contributed by atoms with Crippen molar-refractivity contribution in [1.29, 1.82) is 0 Å². The summed E-state index contributed by atoms with van der Waals surface area (Å²) in [5.41, 5.74) is 2.38. The average Bonchev–Trinajstić information content (AvgIpc) is 2.62. The van der Waals surface area contributed by atoms with E-state index < -0.39 is 0 Å². The van der Waals surface area contributed by atoms with Crippen LogP contribution in [0.5, 0.6) is 0 Å². The van der Waals surface area contributed by atoms with Crippen LogP contribution in [0.25, 0.3) is 0 Å². The Hall–Kier alpha value is -2.70. The molecular formula is C19H26N6O. The van der Waals surface area contributed by atoms with Gasteiger partial charge in [-0.1, -0.05) is 32.9 Å². The Morgan fingerprint density at radius 2 is 1.73 bits per heavy atom. The van der Waals surface area contributed by atoms with E-state index in [1.54, 1.807) is 13.1 Å². The molecule has 2 aromatic rings. The molecular weight excluding hydrogens is 328 g/mol. The fraction of sp³-hybridized carbons (Fsp3) is 0.474. The van der Waals surface area contributed by atoms with Crippen molar-refractivity contribution in [3.63, 3.8) is 0 Å². The zero-order valence-electron chi connectivity index (χ0n) is 15.9. The summed E-state index contributed by atoms with van der Waals surface area (Å²) in [4.78, 5) is 19.9. The molecule has 0 saturated carbocycles. The van der Waals surface area contributed by atoms with Gasteiger partial charge in [-0.3, -0.25) is 4.79 Å². The summed E-state index contributed by atoms with van der Waals surface area (Å²) in [7, 11) is 0. The Kier molecular flexibility index (Phi) is 5.06. The topological polar surface area (TPSA) is 74.2 Å². The van der Waals surface area contributed by atoms with Crippen LogP contribution >= 0.6 is 0 Å². The predicted octanol–water partition coefficient (Wildman–Crippen LogP) is 2.58. The summed E-state index contributed by atoms with van der Waals surface area (Å²) in [6.45, 7) is 11.0. The fourth-order valence-electron chi connectivity index (χ4n) is 2.91. The standard InChI is InChI=1S/C19H26N6O/c1-14(26)24-9-11-25(12-10-24)18-22-17(13-20-23-18)21-16-7-5-15(6-8-16)19(2,3)4/h5-8,13H,9-12H2,1-4H3,(H,21,22,23). The monoisotopic (exact) mass is 354 g/mol. The molecule has 26 heavy (non-hydrogen) atoms. The largest absolute Gasteiger partial charge is 0.339 e. The molecule has 1 N–H and O–H groups in total. The van der Waals surface area contributed by atoms with Crippen molar-refractivity contribution in [3.05, 3.63) is 36.0 Å². The second kappa shape index (κ2) is 7.27. The van der Waals surface area contributed by atoms with Crippen LogP contribution in [0.2, 0.25) is 0 Å². The van der Waals surface area contributed by atoms with Gasteiger partial charge in [0.2, 0.25) is 11.9 Å². The van der Waals surface area contributed by atoms with Gasteiger partial charge in [0.25, 0.3) is 0 Å². The van der Waals surface area contributed by atoms with Crippen LogP contribution in [0.1, 0.15) is 33.3 Å². The first-order valence-corrected chi connectivity index (χ1v) is 8.91. The number of aromatic nitrogens is 3. The van der Waals surface area contributed by atoms with Gasteiger partial charge in [-0.15, -0.1) is 5.10 Å². The maximum absolute atomic E-state index is 11.4. The molecule has 138 valence electrons. The van der Waals surface area contributed by atoms with E-state index in [-0.39, 0.29) is 11.3 Å². The molecule has 3 rings (SSSR count). The Bertz CT molecular complexity index is 760. The van der Waals surface area contributed by atoms with Gasteiger partial charge in [-0.05, 0) is 23.1 Å². The lowest BCUT2D eigenvalue weighted by atomic mass is 9.87. The molecule has 7 nitrogen and oxygen atoms in total. The van der Waals surface area contributed by atoms with Crippen molar-refractivity contribution in [3.8, 4) is 0 Å². The molecule has 2 heterocycles. The lowest BCUT2D eigenvalue weighted by Crippen LogP contribution is -2.48. The van der Waals surface area contributed by atoms with E-state index in [2.05, 4.69) is 58.3 Å². The first kappa shape index (κ1) is 18.1. The summed E-state index contributed by atoms with van der Waals surface area (Å²) >= 11 is 0. The first-order valence-electron chi connectivity index (χ1n) is 8.91. The molecule has 0 spiro atoms. The molecule has 0 radical (unpaired) electrons. The molecule has 0 bridgehead atoms. The van der Waals surface area contributed by atoms with E-state index in [9.17, 15) is 4.79 Å². The van der Waals surface area contributed by atoms with E-state index in [0.717, 1.165) is 5.69 Å². The lowest BCUT2D eigenvalue weighted by molar-refractivity contribution is -0.129. The highest BCUT2D eigenvalue weighted by atomic mass is 16.2. The van der Waals surface area contributed by atoms with Crippen molar-refractivity contribution >= 4 is 23.4 Å². The molecule has 0 atom stereocenters. The van der Waals surface area contributed by atoms with Gasteiger partial charge >= 0.3 is 0 Å². The molecule has 1 amide bonds. The third-order valence-corrected chi connectivity index (χ3v) is 4.58. The Labute approximate surface area is 154 Å². The highest BCUT2D eigenvalue weighted by molar-refractivity contribution is 5.73. The molecule has 1 aromatic heterocycles. The van der Waals surface area contributed by atoms with Crippen LogP contribution in [0.3, 0.4) is 0 Å². The molecule has 1 saturated heterocycles. The first-order chi connectivity index (χ1) is 12.3. The van der Waals surface area contributed by atoms with E-state index in [1.807, 2.05) is 17.0 Å². The van der Waals surface area contributed by atoms with Crippen LogP contribution in [-0.2, 0) is 10.2 Å². The van der Waals surface area contributed by atoms with Crippen molar-refractivity contribution in [2.75, 3.05) is 36.4 Å². The molecule has 1 aromatic carbocycles. The van der Waals surface area contributed by atoms with Crippen LogP contribution in [0, 0.1) is 0 Å². The number of amides is 1. The molecule has 1 aliphatic rings. The van der Waals surface area contributed by atoms with Crippen molar-refractivity contribution in [2.45, 2.75) is 33.1 Å². The number of hydrogen-bond acceptors (Lipinski definition) is 6. The number of carbonyl (C=O) groups is 1. The number of nitrogens with zero attached hydrogens (tertiary/aromatic N) is 5. The van der Waals surface area contributed by atoms with Crippen LogP contribution in [0.4, 0.5) is 17.5 Å². The number of carbonyl (C=O) groups excluding carboxylic acids is 1.